The lowest BCUT2D eigenvalue weighted by Gasteiger charge is -2.05. The van der Waals surface area contributed by atoms with Crippen LogP contribution in [0.4, 0.5) is 0 Å². The molecule has 0 fully saturated rings. The van der Waals surface area contributed by atoms with Crippen molar-refractivity contribution in [1.29, 1.82) is 0 Å². The molecule has 3 aromatic rings. The maximum atomic E-state index is 11.9. The molecular weight excluding hydrogens is 376 g/mol. The third-order valence-electron chi connectivity index (χ3n) is 4.11. The Hall–Kier alpha value is -3.26. The Morgan fingerprint density at radius 2 is 1.68 bits per heavy atom. The Kier molecular flexibility index (Phi) is 5.15. The van der Waals surface area contributed by atoms with Gasteiger partial charge in [0.2, 0.25) is 0 Å². The van der Waals surface area contributed by atoms with E-state index in [2.05, 4.69) is 16.1 Å². The lowest BCUT2D eigenvalue weighted by atomic mass is 10.1. The molecule has 0 bridgehead atoms. The van der Waals surface area contributed by atoms with Crippen molar-refractivity contribution in [2.24, 2.45) is 5.73 Å². The summed E-state index contributed by atoms with van der Waals surface area (Å²) < 4.78 is 24.6. The van der Waals surface area contributed by atoms with E-state index < -0.39 is 15.7 Å². The van der Waals surface area contributed by atoms with Gasteiger partial charge in [-0.15, -0.1) is 5.10 Å². The highest BCUT2D eigenvalue weighted by Gasteiger charge is 2.13. The summed E-state index contributed by atoms with van der Waals surface area (Å²) in [6.45, 7) is 4.00. The number of aromatic nitrogens is 3. The molecule has 7 nitrogen and oxygen atoms in total. The predicted octanol–water partition coefficient (Wildman–Crippen LogP) is 2.45. The van der Waals surface area contributed by atoms with Gasteiger partial charge in [-0.05, 0) is 43.7 Å². The summed E-state index contributed by atoms with van der Waals surface area (Å²) in [6.07, 6.45) is 4.08. The number of benzene rings is 2. The number of nitrogens with two attached hydrogens (primary N) is 1. The highest BCUT2D eigenvalue weighted by atomic mass is 32.2. The molecule has 28 heavy (non-hydrogen) atoms. The van der Waals surface area contributed by atoms with Gasteiger partial charge >= 0.3 is 0 Å². The summed E-state index contributed by atoms with van der Waals surface area (Å²) >= 11 is 0. The zero-order chi connectivity index (χ0) is 20.5. The van der Waals surface area contributed by atoms with Crippen molar-refractivity contribution in [3.63, 3.8) is 0 Å². The van der Waals surface area contributed by atoms with Crippen LogP contribution in [0, 0.1) is 13.8 Å². The van der Waals surface area contributed by atoms with Gasteiger partial charge in [0.05, 0.1) is 10.5 Å². The second-order valence-corrected chi connectivity index (χ2v) is 8.64. The Labute approximate surface area is 163 Å². The van der Waals surface area contributed by atoms with Crippen molar-refractivity contribution < 1.29 is 13.2 Å². The molecule has 144 valence electrons. The molecule has 2 N–H and O–H groups in total. The minimum Gasteiger partial charge on any atom is -0.366 e. The molecule has 8 heteroatoms. The molecule has 0 aliphatic heterocycles. The van der Waals surface area contributed by atoms with Crippen LogP contribution in [0.1, 0.15) is 16.7 Å². The van der Waals surface area contributed by atoms with Crippen LogP contribution in [0.25, 0.3) is 23.2 Å². The van der Waals surface area contributed by atoms with E-state index in [0.717, 1.165) is 22.9 Å². The fourth-order valence-electron chi connectivity index (χ4n) is 2.87. The smallest absolute Gasteiger partial charge is 0.250 e. The van der Waals surface area contributed by atoms with Gasteiger partial charge in [-0.25, -0.2) is 18.1 Å². The minimum absolute atomic E-state index is 0.165. The molecule has 0 radical (unpaired) electrons. The number of carbonyl (C=O) groups is 1. The zero-order valence-electron chi connectivity index (χ0n) is 15.7. The number of aryl methyl sites for hydroxylation is 2. The monoisotopic (exact) mass is 396 g/mol. The van der Waals surface area contributed by atoms with Crippen molar-refractivity contribution in [3.8, 4) is 11.4 Å². The Morgan fingerprint density at radius 1 is 1.07 bits per heavy atom. The Bertz CT molecular complexity index is 1160. The van der Waals surface area contributed by atoms with Gasteiger partial charge in [-0.3, -0.25) is 4.79 Å². The quantitative estimate of drug-likeness (QED) is 0.667. The molecule has 0 unspecified atom stereocenters. The molecule has 0 aliphatic rings. The molecule has 0 spiro atoms. The van der Waals surface area contributed by atoms with E-state index in [1.165, 1.54) is 41.5 Å². The number of amides is 1. The number of primary amides is 1. The first kappa shape index (κ1) is 19.5. The third kappa shape index (κ3) is 4.34. The number of hydrogen-bond acceptors (Lipinski definition) is 5. The standard InChI is InChI=1S/C20H20N4O3S/c1-13-8-14(2)10-16(9-13)20-22-12-24(23-20)11-18(19(21)25)15-4-6-17(7-5-15)28(3,26)27/h4-12H,1-3H3,(H2,21,25)/b18-11+. The molecule has 0 saturated heterocycles. The highest BCUT2D eigenvalue weighted by molar-refractivity contribution is 7.90. The number of hydrogen-bond donors (Lipinski definition) is 1. The van der Waals surface area contributed by atoms with Crippen LogP contribution >= 0.6 is 0 Å². The van der Waals surface area contributed by atoms with E-state index in [4.69, 9.17) is 5.73 Å². The first-order valence-electron chi connectivity index (χ1n) is 8.45. The summed E-state index contributed by atoms with van der Waals surface area (Å²) in [4.78, 5) is 16.4. The van der Waals surface area contributed by atoms with Gasteiger partial charge in [0.1, 0.15) is 6.33 Å². The summed E-state index contributed by atoms with van der Waals surface area (Å²) in [6, 6.07) is 12.0. The Balaban J connectivity index is 1.97. The SMILES string of the molecule is Cc1cc(C)cc(-c2ncn(/C=C(/C(N)=O)c3ccc(S(C)(=O)=O)cc3)n2)c1. The van der Waals surface area contributed by atoms with Crippen molar-refractivity contribution >= 4 is 27.5 Å². The van der Waals surface area contributed by atoms with Gasteiger partial charge in [-0.2, -0.15) is 0 Å². The average molecular weight is 396 g/mol. The summed E-state index contributed by atoms with van der Waals surface area (Å²) in [5.41, 5.74) is 9.27. The van der Waals surface area contributed by atoms with Crippen LogP contribution in [0.5, 0.6) is 0 Å². The average Bonchev–Trinajstić information content (AvgIpc) is 3.07. The van der Waals surface area contributed by atoms with E-state index in [9.17, 15) is 13.2 Å². The lowest BCUT2D eigenvalue weighted by molar-refractivity contribution is -0.112. The highest BCUT2D eigenvalue weighted by Crippen LogP contribution is 2.21. The predicted molar refractivity (Wildman–Crippen MR) is 108 cm³/mol. The number of nitrogens with zero attached hydrogens (tertiary/aromatic N) is 3. The minimum atomic E-state index is -3.32. The maximum Gasteiger partial charge on any atom is 0.250 e. The largest absolute Gasteiger partial charge is 0.366 e. The fourth-order valence-corrected chi connectivity index (χ4v) is 3.50. The molecule has 3 rings (SSSR count). The summed E-state index contributed by atoms with van der Waals surface area (Å²) in [5, 5.41) is 4.39. The van der Waals surface area contributed by atoms with Crippen molar-refractivity contribution in [3.05, 3.63) is 65.5 Å². The molecule has 0 aliphatic carbocycles. The van der Waals surface area contributed by atoms with Crippen LogP contribution < -0.4 is 5.73 Å². The molecule has 1 amide bonds. The molecule has 0 atom stereocenters. The third-order valence-corrected chi connectivity index (χ3v) is 5.24. The van der Waals surface area contributed by atoms with Gasteiger partial charge in [0.15, 0.2) is 15.7 Å². The second-order valence-electron chi connectivity index (χ2n) is 6.63. The Morgan fingerprint density at radius 3 is 2.21 bits per heavy atom. The van der Waals surface area contributed by atoms with Crippen molar-refractivity contribution in [1.82, 2.24) is 14.8 Å². The van der Waals surface area contributed by atoms with E-state index in [0.29, 0.717) is 11.4 Å². The summed E-state index contributed by atoms with van der Waals surface area (Å²) in [5.74, 6) is -0.130. The number of rotatable bonds is 5. The van der Waals surface area contributed by atoms with Crippen molar-refractivity contribution in [2.45, 2.75) is 18.7 Å². The fraction of sp³-hybridized carbons (Fsp3) is 0.150. The second kappa shape index (κ2) is 7.40. The van der Waals surface area contributed by atoms with Crippen LogP contribution in [0.15, 0.2) is 53.7 Å². The first-order valence-corrected chi connectivity index (χ1v) is 10.3. The van der Waals surface area contributed by atoms with Crippen LogP contribution in [-0.2, 0) is 14.6 Å². The molecule has 1 heterocycles. The van der Waals surface area contributed by atoms with Gasteiger partial charge in [0, 0.05) is 18.0 Å². The maximum absolute atomic E-state index is 11.9. The van der Waals surface area contributed by atoms with E-state index in [-0.39, 0.29) is 10.5 Å². The lowest BCUT2D eigenvalue weighted by Crippen LogP contribution is -2.14. The number of sulfone groups is 1. The summed E-state index contributed by atoms with van der Waals surface area (Å²) in [7, 11) is -3.32. The van der Waals surface area contributed by atoms with Gasteiger partial charge < -0.3 is 5.73 Å². The molecule has 2 aromatic carbocycles. The molecule has 1 aromatic heterocycles. The van der Waals surface area contributed by atoms with Crippen LogP contribution in [0.2, 0.25) is 0 Å². The van der Waals surface area contributed by atoms with Crippen molar-refractivity contribution in [2.75, 3.05) is 6.26 Å². The van der Waals surface area contributed by atoms with E-state index in [1.807, 2.05) is 26.0 Å². The van der Waals surface area contributed by atoms with Gasteiger partial charge in [-0.1, -0.05) is 29.3 Å². The topological polar surface area (TPSA) is 108 Å². The van der Waals surface area contributed by atoms with E-state index in [1.54, 1.807) is 0 Å². The van der Waals surface area contributed by atoms with Gasteiger partial charge in [0.25, 0.3) is 5.91 Å². The molecule has 0 saturated carbocycles. The first-order chi connectivity index (χ1) is 13.1. The van der Waals surface area contributed by atoms with E-state index >= 15 is 0 Å². The van der Waals surface area contributed by atoms with Crippen LogP contribution in [-0.4, -0.2) is 35.3 Å². The number of carbonyl (C=O) groups excluding carboxylic acids is 1. The normalized spacial score (nSPS) is 12.2. The molecular formula is C20H20N4O3S. The zero-order valence-corrected chi connectivity index (χ0v) is 16.6. The van der Waals surface area contributed by atoms with Crippen LogP contribution in [0.3, 0.4) is 0 Å².